The molecule has 25 heavy (non-hydrogen) atoms. The Balaban J connectivity index is 1.61. The molecule has 128 valence electrons. The summed E-state index contributed by atoms with van der Waals surface area (Å²) in [5.74, 6) is -0.0382. The number of nitrogens with one attached hydrogen (secondary N) is 1. The molecule has 1 atom stereocenters. The molecule has 0 saturated carbocycles. The average molecular weight is 357 g/mol. The van der Waals surface area contributed by atoms with Gasteiger partial charge in [-0.2, -0.15) is 0 Å². The van der Waals surface area contributed by atoms with Crippen LogP contribution in [-0.4, -0.2) is 26.8 Å². The summed E-state index contributed by atoms with van der Waals surface area (Å²) in [7, 11) is 0. The minimum atomic E-state index is -0.728. The Morgan fingerprint density at radius 3 is 2.80 bits per heavy atom. The zero-order chi connectivity index (χ0) is 17.6. The van der Waals surface area contributed by atoms with Crippen molar-refractivity contribution in [1.82, 2.24) is 20.1 Å². The van der Waals surface area contributed by atoms with E-state index in [1.54, 1.807) is 30.2 Å². The van der Waals surface area contributed by atoms with Crippen molar-refractivity contribution in [2.45, 2.75) is 19.6 Å². The summed E-state index contributed by atoms with van der Waals surface area (Å²) in [6.45, 7) is 2.03. The number of nitrogens with zero attached hydrogens (tertiary/aromatic N) is 3. The first-order valence-electron chi connectivity index (χ1n) is 7.77. The maximum absolute atomic E-state index is 12.2. The second-order valence-electron chi connectivity index (χ2n) is 5.40. The van der Waals surface area contributed by atoms with E-state index in [0.29, 0.717) is 11.6 Å². The molecule has 0 unspecified atom stereocenters. The molecule has 0 aliphatic rings. The van der Waals surface area contributed by atoms with Crippen molar-refractivity contribution < 1.29 is 9.53 Å². The Morgan fingerprint density at radius 1 is 1.28 bits per heavy atom. The van der Waals surface area contributed by atoms with Crippen molar-refractivity contribution >= 4 is 17.5 Å². The number of carbonyl (C=O) groups is 1. The first-order chi connectivity index (χ1) is 12.1. The van der Waals surface area contributed by atoms with Crippen molar-refractivity contribution in [3.8, 4) is 11.6 Å². The number of hydrogen-bond acceptors (Lipinski definition) is 4. The molecule has 0 bridgehead atoms. The maximum Gasteiger partial charge on any atom is 0.261 e. The van der Waals surface area contributed by atoms with Crippen LogP contribution in [0.1, 0.15) is 12.5 Å². The lowest BCUT2D eigenvalue weighted by Crippen LogP contribution is -2.36. The minimum Gasteiger partial charge on any atom is -0.462 e. The lowest BCUT2D eigenvalue weighted by Gasteiger charge is -2.13. The van der Waals surface area contributed by atoms with Gasteiger partial charge < -0.3 is 10.1 Å². The van der Waals surface area contributed by atoms with E-state index >= 15 is 0 Å². The summed E-state index contributed by atoms with van der Waals surface area (Å²) >= 11 is 6.17. The van der Waals surface area contributed by atoms with Crippen LogP contribution in [0, 0.1) is 0 Å². The molecule has 3 aromatic rings. The van der Waals surface area contributed by atoms with Gasteiger partial charge in [-0.25, -0.2) is 4.68 Å². The summed E-state index contributed by atoms with van der Waals surface area (Å²) in [5.41, 5.74) is 1.77. The smallest absolute Gasteiger partial charge is 0.261 e. The number of ether oxygens (including phenoxy) is 1. The van der Waals surface area contributed by atoms with Gasteiger partial charge in [-0.3, -0.25) is 9.78 Å². The molecule has 3 rings (SSSR count). The molecule has 0 radical (unpaired) electrons. The largest absolute Gasteiger partial charge is 0.462 e. The molecular weight excluding hydrogens is 340 g/mol. The van der Waals surface area contributed by atoms with E-state index in [-0.39, 0.29) is 11.8 Å². The zero-order valence-corrected chi connectivity index (χ0v) is 14.3. The van der Waals surface area contributed by atoms with Gasteiger partial charge in [0, 0.05) is 18.9 Å². The fourth-order valence-corrected chi connectivity index (χ4v) is 2.36. The third-order valence-corrected chi connectivity index (χ3v) is 3.77. The highest BCUT2D eigenvalue weighted by molar-refractivity contribution is 6.31. The molecule has 0 fully saturated rings. The minimum absolute atomic E-state index is 0.217. The van der Waals surface area contributed by atoms with E-state index in [0.717, 1.165) is 11.3 Å². The Morgan fingerprint density at radius 2 is 2.08 bits per heavy atom. The van der Waals surface area contributed by atoms with Gasteiger partial charge in [0.1, 0.15) is 5.02 Å². The molecule has 0 aliphatic heterocycles. The quantitative estimate of drug-likeness (QED) is 0.737. The van der Waals surface area contributed by atoms with E-state index in [4.69, 9.17) is 16.3 Å². The van der Waals surface area contributed by atoms with Gasteiger partial charge in [-0.05, 0) is 30.7 Å². The number of carbonyl (C=O) groups excluding carboxylic acids is 1. The summed E-state index contributed by atoms with van der Waals surface area (Å²) in [6.07, 6.45) is 4.30. The van der Waals surface area contributed by atoms with Gasteiger partial charge in [0.2, 0.25) is 0 Å². The molecule has 7 heteroatoms. The number of benzene rings is 1. The number of para-hydroxylation sites is 1. The molecule has 6 nitrogen and oxygen atoms in total. The molecule has 1 aromatic carbocycles. The molecule has 1 N–H and O–H groups in total. The van der Waals surface area contributed by atoms with Crippen molar-refractivity contribution in [2.75, 3.05) is 0 Å². The second kappa shape index (κ2) is 7.81. The number of halogens is 1. The fourth-order valence-electron chi connectivity index (χ4n) is 2.19. The topological polar surface area (TPSA) is 69.0 Å². The zero-order valence-electron chi connectivity index (χ0n) is 13.6. The molecule has 2 aromatic heterocycles. The van der Waals surface area contributed by atoms with Crippen molar-refractivity contribution in [2.24, 2.45) is 0 Å². The summed E-state index contributed by atoms with van der Waals surface area (Å²) in [6, 6.07) is 13.2. The van der Waals surface area contributed by atoms with Crippen LogP contribution in [0.4, 0.5) is 0 Å². The average Bonchev–Trinajstić information content (AvgIpc) is 3.02. The van der Waals surface area contributed by atoms with Gasteiger partial charge in [0.05, 0.1) is 11.9 Å². The van der Waals surface area contributed by atoms with Crippen LogP contribution in [0.15, 0.2) is 61.1 Å². The Bertz CT molecular complexity index is 837. The molecular formula is C18H17ClN4O2. The van der Waals surface area contributed by atoms with E-state index in [9.17, 15) is 4.79 Å². The van der Waals surface area contributed by atoms with Gasteiger partial charge >= 0.3 is 0 Å². The number of rotatable bonds is 6. The first-order valence-corrected chi connectivity index (χ1v) is 8.15. The lowest BCUT2D eigenvalue weighted by molar-refractivity contribution is -0.127. The fraction of sp³-hybridized carbons (Fsp3) is 0.167. The third kappa shape index (κ3) is 4.36. The molecule has 0 spiro atoms. The first kappa shape index (κ1) is 17.0. The summed E-state index contributed by atoms with van der Waals surface area (Å²) in [4.78, 5) is 16.2. The Kier molecular flexibility index (Phi) is 5.30. The van der Waals surface area contributed by atoms with Crippen LogP contribution in [0.25, 0.3) is 5.69 Å². The van der Waals surface area contributed by atoms with E-state index in [1.807, 2.05) is 42.5 Å². The predicted octanol–water partition coefficient (Wildman–Crippen LogP) is 3.00. The molecule has 2 heterocycles. The van der Waals surface area contributed by atoms with Crippen molar-refractivity contribution in [3.63, 3.8) is 0 Å². The van der Waals surface area contributed by atoms with Crippen LogP contribution in [0.2, 0.25) is 5.02 Å². The van der Waals surface area contributed by atoms with Crippen LogP contribution in [0.3, 0.4) is 0 Å². The summed E-state index contributed by atoms with van der Waals surface area (Å²) in [5, 5.41) is 7.43. The van der Waals surface area contributed by atoms with E-state index in [1.165, 1.54) is 0 Å². The van der Waals surface area contributed by atoms with Gasteiger partial charge in [0.25, 0.3) is 11.8 Å². The van der Waals surface area contributed by atoms with Gasteiger partial charge in [-0.1, -0.05) is 35.9 Å². The van der Waals surface area contributed by atoms with Crippen LogP contribution >= 0.6 is 11.6 Å². The monoisotopic (exact) mass is 356 g/mol. The van der Waals surface area contributed by atoms with Crippen LogP contribution in [-0.2, 0) is 11.3 Å². The highest BCUT2D eigenvalue weighted by Crippen LogP contribution is 2.24. The standard InChI is InChI=1S/C18H17ClN4O2/c1-13(17(24)21-11-14-6-5-9-20-10-14)25-18-16(19)12-23(22-18)15-7-3-2-4-8-15/h2-10,12-13H,11H2,1H3,(H,21,24)/t13-/m1/s1. The molecule has 0 aliphatic carbocycles. The van der Waals surface area contributed by atoms with E-state index < -0.39 is 6.10 Å². The maximum atomic E-state index is 12.2. The van der Waals surface area contributed by atoms with E-state index in [2.05, 4.69) is 15.4 Å². The van der Waals surface area contributed by atoms with Crippen LogP contribution in [0.5, 0.6) is 5.88 Å². The highest BCUT2D eigenvalue weighted by atomic mass is 35.5. The molecule has 0 saturated heterocycles. The molecule has 1 amide bonds. The van der Waals surface area contributed by atoms with Crippen LogP contribution < -0.4 is 10.1 Å². The number of aromatic nitrogens is 3. The van der Waals surface area contributed by atoms with Gasteiger partial charge in [0.15, 0.2) is 6.10 Å². The SMILES string of the molecule is C[C@@H](Oc1nn(-c2ccccc2)cc1Cl)C(=O)NCc1cccnc1. The predicted molar refractivity (Wildman–Crippen MR) is 94.7 cm³/mol. The Labute approximate surface area is 150 Å². The van der Waals surface area contributed by atoms with Crippen molar-refractivity contribution in [3.05, 3.63) is 71.6 Å². The summed E-state index contributed by atoms with van der Waals surface area (Å²) < 4.78 is 7.21. The highest BCUT2D eigenvalue weighted by Gasteiger charge is 2.18. The Hall–Kier alpha value is -2.86. The van der Waals surface area contributed by atoms with Gasteiger partial charge in [-0.15, -0.1) is 5.10 Å². The number of amides is 1. The third-order valence-electron chi connectivity index (χ3n) is 3.51. The lowest BCUT2D eigenvalue weighted by atomic mass is 10.3. The normalized spacial score (nSPS) is 11.8. The second-order valence-corrected chi connectivity index (χ2v) is 5.81. The number of hydrogen-bond donors (Lipinski definition) is 1. The van der Waals surface area contributed by atoms with Crippen molar-refractivity contribution in [1.29, 1.82) is 0 Å². The number of pyridine rings is 1.